The number of nitrogens with one attached hydrogen (secondary N) is 3. The van der Waals surface area contributed by atoms with E-state index in [2.05, 4.69) is 22.9 Å². The summed E-state index contributed by atoms with van der Waals surface area (Å²) in [6.07, 6.45) is 13.9. The normalized spacial score (nSPS) is 37.6. The van der Waals surface area contributed by atoms with Gasteiger partial charge in [0.05, 0.1) is 6.04 Å². The molecule has 4 bridgehead atoms. The standard InChI is InChI=1S/C22H37N3O2/c1-14(20(26)25-21(27)24-19-6-4-3-5-7-19)23-15(2)22-11-16-8-17(12-22)10-18(9-16)13-22/h14-19,23H,3-13H2,1-2H3,(H2,24,25,26,27)/t14-,15-,16?,17?,18?,22?/m1/s1. The highest BCUT2D eigenvalue weighted by Gasteiger charge is 2.53. The summed E-state index contributed by atoms with van der Waals surface area (Å²) in [5.41, 5.74) is 0.369. The minimum atomic E-state index is -0.342. The van der Waals surface area contributed by atoms with E-state index in [-0.39, 0.29) is 24.0 Å². The van der Waals surface area contributed by atoms with E-state index in [1.807, 2.05) is 6.92 Å². The van der Waals surface area contributed by atoms with Crippen molar-refractivity contribution in [2.45, 2.75) is 103 Å². The molecule has 5 fully saturated rings. The first kappa shape index (κ1) is 19.2. The van der Waals surface area contributed by atoms with E-state index >= 15 is 0 Å². The summed E-state index contributed by atoms with van der Waals surface area (Å²) in [5, 5.41) is 9.08. The fraction of sp³-hybridized carbons (Fsp3) is 0.909. The summed E-state index contributed by atoms with van der Waals surface area (Å²) in [7, 11) is 0. The Morgan fingerprint density at radius 3 is 2.00 bits per heavy atom. The van der Waals surface area contributed by atoms with Crippen molar-refractivity contribution in [2.75, 3.05) is 0 Å². The third-order valence-corrected chi connectivity index (χ3v) is 8.07. The number of amides is 3. The van der Waals surface area contributed by atoms with E-state index in [0.29, 0.717) is 11.5 Å². The number of rotatable bonds is 5. The van der Waals surface area contributed by atoms with E-state index in [0.717, 1.165) is 30.6 Å². The molecule has 0 saturated heterocycles. The minimum absolute atomic E-state index is 0.208. The lowest BCUT2D eigenvalue weighted by molar-refractivity contribution is -0.123. The zero-order valence-electron chi connectivity index (χ0n) is 17.1. The van der Waals surface area contributed by atoms with Gasteiger partial charge in [-0.15, -0.1) is 0 Å². The van der Waals surface area contributed by atoms with Crippen LogP contribution in [0, 0.1) is 23.2 Å². The Kier molecular flexibility index (Phi) is 5.50. The maximum Gasteiger partial charge on any atom is 0.321 e. The summed E-state index contributed by atoms with van der Waals surface area (Å²) < 4.78 is 0. The van der Waals surface area contributed by atoms with Crippen molar-refractivity contribution in [3.8, 4) is 0 Å². The molecular weight excluding hydrogens is 338 g/mol. The largest absolute Gasteiger partial charge is 0.335 e. The van der Waals surface area contributed by atoms with Crippen LogP contribution in [0.15, 0.2) is 0 Å². The van der Waals surface area contributed by atoms with Crippen LogP contribution in [0.1, 0.15) is 84.5 Å². The summed E-state index contributed by atoms with van der Waals surface area (Å²) in [4.78, 5) is 24.7. The summed E-state index contributed by atoms with van der Waals surface area (Å²) >= 11 is 0. The van der Waals surface area contributed by atoms with Crippen LogP contribution in [-0.4, -0.2) is 30.1 Å². The molecule has 27 heavy (non-hydrogen) atoms. The van der Waals surface area contributed by atoms with Crippen molar-refractivity contribution in [3.05, 3.63) is 0 Å². The maximum atomic E-state index is 12.5. The molecule has 3 amide bonds. The van der Waals surface area contributed by atoms with Crippen molar-refractivity contribution >= 4 is 11.9 Å². The lowest BCUT2D eigenvalue weighted by atomic mass is 9.48. The van der Waals surface area contributed by atoms with Crippen LogP contribution in [0.3, 0.4) is 0 Å². The first-order valence-corrected chi connectivity index (χ1v) is 11.3. The van der Waals surface area contributed by atoms with Crippen molar-refractivity contribution in [1.82, 2.24) is 16.0 Å². The van der Waals surface area contributed by atoms with Gasteiger partial charge >= 0.3 is 6.03 Å². The third-order valence-electron chi connectivity index (χ3n) is 8.07. The maximum absolute atomic E-state index is 12.5. The summed E-state index contributed by atoms with van der Waals surface area (Å²) in [5.74, 6) is 2.52. The number of imide groups is 1. The van der Waals surface area contributed by atoms with E-state index in [1.54, 1.807) is 0 Å². The molecule has 5 aliphatic carbocycles. The van der Waals surface area contributed by atoms with Crippen molar-refractivity contribution in [1.29, 1.82) is 0 Å². The van der Waals surface area contributed by atoms with E-state index in [4.69, 9.17) is 0 Å². The highest BCUT2D eigenvalue weighted by molar-refractivity contribution is 5.96. The van der Waals surface area contributed by atoms with Crippen molar-refractivity contribution in [3.63, 3.8) is 0 Å². The molecule has 5 aliphatic rings. The fourth-order valence-electron chi connectivity index (χ4n) is 7.02. The van der Waals surface area contributed by atoms with Crippen LogP contribution in [0.2, 0.25) is 0 Å². The molecule has 0 aromatic rings. The van der Waals surface area contributed by atoms with Gasteiger partial charge in [0.1, 0.15) is 0 Å². The first-order chi connectivity index (χ1) is 12.9. The van der Waals surface area contributed by atoms with Gasteiger partial charge in [-0.2, -0.15) is 0 Å². The molecule has 5 saturated carbocycles. The zero-order chi connectivity index (χ0) is 19.0. The molecule has 5 heteroatoms. The molecule has 0 heterocycles. The lowest BCUT2D eigenvalue weighted by Gasteiger charge is -2.59. The van der Waals surface area contributed by atoms with Gasteiger partial charge in [-0.3, -0.25) is 10.1 Å². The van der Waals surface area contributed by atoms with Crippen LogP contribution < -0.4 is 16.0 Å². The van der Waals surface area contributed by atoms with Gasteiger partial charge < -0.3 is 10.6 Å². The minimum Gasteiger partial charge on any atom is -0.335 e. The number of carbonyl (C=O) groups is 2. The molecule has 0 unspecified atom stereocenters. The number of hydrogen-bond acceptors (Lipinski definition) is 3. The second-order valence-electron chi connectivity index (χ2n) is 10.2. The molecular formula is C22H37N3O2. The quantitative estimate of drug-likeness (QED) is 0.686. The number of hydrogen-bond donors (Lipinski definition) is 3. The van der Waals surface area contributed by atoms with Crippen molar-refractivity contribution < 1.29 is 9.59 Å². The molecule has 0 aliphatic heterocycles. The first-order valence-electron chi connectivity index (χ1n) is 11.3. The Hall–Kier alpha value is -1.10. The molecule has 0 radical (unpaired) electrons. The van der Waals surface area contributed by atoms with Gasteiger partial charge in [0, 0.05) is 12.1 Å². The van der Waals surface area contributed by atoms with Gasteiger partial charge in [-0.25, -0.2) is 4.79 Å². The topological polar surface area (TPSA) is 70.2 Å². The Bertz CT molecular complexity index is 535. The molecule has 0 aromatic heterocycles. The average Bonchev–Trinajstić information content (AvgIpc) is 2.61. The van der Waals surface area contributed by atoms with Gasteiger partial charge in [0.2, 0.25) is 5.91 Å². The van der Waals surface area contributed by atoms with Gasteiger partial charge in [0.15, 0.2) is 0 Å². The zero-order valence-corrected chi connectivity index (χ0v) is 17.1. The highest BCUT2D eigenvalue weighted by Crippen LogP contribution is 2.61. The van der Waals surface area contributed by atoms with Crippen LogP contribution in [0.25, 0.3) is 0 Å². The molecule has 0 spiro atoms. The van der Waals surface area contributed by atoms with Gasteiger partial charge in [-0.05, 0) is 88.4 Å². The molecule has 152 valence electrons. The predicted molar refractivity (Wildman–Crippen MR) is 106 cm³/mol. The van der Waals surface area contributed by atoms with Gasteiger partial charge in [0.25, 0.3) is 0 Å². The second kappa shape index (κ2) is 7.73. The average molecular weight is 376 g/mol. The number of carbonyl (C=O) groups excluding carboxylic acids is 2. The Morgan fingerprint density at radius 2 is 1.44 bits per heavy atom. The summed E-state index contributed by atoms with van der Waals surface area (Å²) in [6.45, 7) is 4.15. The van der Waals surface area contributed by atoms with E-state index < -0.39 is 0 Å². The third kappa shape index (κ3) is 4.18. The molecule has 3 N–H and O–H groups in total. The molecule has 2 atom stereocenters. The molecule has 5 rings (SSSR count). The van der Waals surface area contributed by atoms with E-state index in [1.165, 1.54) is 57.8 Å². The van der Waals surface area contributed by atoms with E-state index in [9.17, 15) is 9.59 Å². The monoisotopic (exact) mass is 375 g/mol. The van der Waals surface area contributed by atoms with Crippen LogP contribution in [0.5, 0.6) is 0 Å². The number of urea groups is 1. The van der Waals surface area contributed by atoms with Crippen LogP contribution in [-0.2, 0) is 4.79 Å². The molecule has 0 aromatic carbocycles. The smallest absolute Gasteiger partial charge is 0.321 e. The molecule has 5 nitrogen and oxygen atoms in total. The fourth-order valence-corrected chi connectivity index (χ4v) is 7.02. The second-order valence-corrected chi connectivity index (χ2v) is 10.2. The van der Waals surface area contributed by atoms with Crippen LogP contribution in [0.4, 0.5) is 4.79 Å². The Labute approximate surface area is 163 Å². The SMILES string of the molecule is C[C@@H](N[C@H](C)C12CC3CC(CC(C3)C1)C2)C(=O)NC(=O)NC1CCCCC1. The van der Waals surface area contributed by atoms with Crippen molar-refractivity contribution in [2.24, 2.45) is 23.2 Å². The Balaban J connectivity index is 1.27. The Morgan fingerprint density at radius 1 is 0.889 bits per heavy atom. The lowest BCUT2D eigenvalue weighted by Crippen LogP contribution is -2.58. The predicted octanol–water partition coefficient (Wildman–Crippen LogP) is 3.73. The van der Waals surface area contributed by atoms with Crippen LogP contribution >= 0.6 is 0 Å². The summed E-state index contributed by atoms with van der Waals surface area (Å²) in [6, 6.07) is -0.123. The van der Waals surface area contributed by atoms with Gasteiger partial charge in [-0.1, -0.05) is 19.3 Å². The highest BCUT2D eigenvalue weighted by atomic mass is 16.2.